The van der Waals surface area contributed by atoms with E-state index >= 15 is 0 Å². The topological polar surface area (TPSA) is 41.6 Å². The fourth-order valence-electron chi connectivity index (χ4n) is 1.36. The second kappa shape index (κ2) is 5.19. The van der Waals surface area contributed by atoms with E-state index in [0.29, 0.717) is 6.61 Å². The number of hydrogen-bond acceptors (Lipinski definition) is 3. The Morgan fingerprint density at radius 1 is 1.46 bits per heavy atom. The van der Waals surface area contributed by atoms with Crippen molar-refractivity contribution in [1.29, 1.82) is 0 Å². The van der Waals surface area contributed by atoms with Crippen molar-refractivity contribution in [3.63, 3.8) is 0 Å². The van der Waals surface area contributed by atoms with Crippen molar-refractivity contribution in [2.45, 2.75) is 19.4 Å². The standard InChI is InChI=1S/C9H18N2O2/c1-8(10-2)9(12)11-4-3-6-13-7-5-11/h8,10H,3-7H2,1-2H3. The third-order valence-corrected chi connectivity index (χ3v) is 2.34. The molecule has 0 aliphatic carbocycles. The minimum atomic E-state index is -0.0851. The number of carbonyl (C=O) groups excluding carboxylic acids is 1. The maximum absolute atomic E-state index is 11.7. The lowest BCUT2D eigenvalue weighted by molar-refractivity contribution is -0.132. The van der Waals surface area contributed by atoms with Crippen LogP contribution >= 0.6 is 0 Å². The molecule has 1 aliphatic rings. The van der Waals surface area contributed by atoms with Gasteiger partial charge in [0.25, 0.3) is 0 Å². The zero-order valence-electron chi connectivity index (χ0n) is 8.38. The number of nitrogens with zero attached hydrogens (tertiary/aromatic N) is 1. The average molecular weight is 186 g/mol. The number of hydrogen-bond donors (Lipinski definition) is 1. The highest BCUT2D eigenvalue weighted by molar-refractivity contribution is 5.81. The SMILES string of the molecule is CNC(C)C(=O)N1CCCOCC1. The molecule has 1 amide bonds. The molecule has 0 aromatic carbocycles. The first kappa shape index (κ1) is 10.5. The fraction of sp³-hybridized carbons (Fsp3) is 0.889. The van der Waals surface area contributed by atoms with Gasteiger partial charge in [-0.25, -0.2) is 0 Å². The number of nitrogens with one attached hydrogen (secondary N) is 1. The van der Waals surface area contributed by atoms with Crippen LogP contribution in [0, 0.1) is 0 Å². The molecule has 4 heteroatoms. The molecule has 1 atom stereocenters. The van der Waals surface area contributed by atoms with Gasteiger partial charge in [0.15, 0.2) is 0 Å². The smallest absolute Gasteiger partial charge is 0.239 e. The lowest BCUT2D eigenvalue weighted by Gasteiger charge is -2.23. The van der Waals surface area contributed by atoms with Crippen molar-refractivity contribution in [3.05, 3.63) is 0 Å². The van der Waals surface area contributed by atoms with Gasteiger partial charge < -0.3 is 15.0 Å². The van der Waals surface area contributed by atoms with Gasteiger partial charge in [-0.3, -0.25) is 4.79 Å². The fourth-order valence-corrected chi connectivity index (χ4v) is 1.36. The molecule has 1 rings (SSSR count). The van der Waals surface area contributed by atoms with Gasteiger partial charge in [0.1, 0.15) is 0 Å². The van der Waals surface area contributed by atoms with Gasteiger partial charge in [-0.2, -0.15) is 0 Å². The first-order chi connectivity index (χ1) is 6.25. The van der Waals surface area contributed by atoms with E-state index in [9.17, 15) is 4.79 Å². The van der Waals surface area contributed by atoms with Gasteiger partial charge in [0, 0.05) is 19.7 Å². The van der Waals surface area contributed by atoms with Crippen molar-refractivity contribution < 1.29 is 9.53 Å². The summed E-state index contributed by atoms with van der Waals surface area (Å²) < 4.78 is 5.27. The predicted octanol–water partition coefficient (Wildman–Crippen LogP) is -0.157. The van der Waals surface area contributed by atoms with Crippen LogP contribution in [0.5, 0.6) is 0 Å². The van der Waals surface area contributed by atoms with E-state index in [1.807, 2.05) is 11.8 Å². The van der Waals surface area contributed by atoms with Crippen molar-refractivity contribution in [1.82, 2.24) is 10.2 Å². The van der Waals surface area contributed by atoms with Crippen molar-refractivity contribution in [3.8, 4) is 0 Å². The Hall–Kier alpha value is -0.610. The van der Waals surface area contributed by atoms with Crippen LogP contribution in [0.25, 0.3) is 0 Å². The number of rotatable bonds is 2. The van der Waals surface area contributed by atoms with Crippen LogP contribution < -0.4 is 5.32 Å². The summed E-state index contributed by atoms with van der Waals surface area (Å²) in [5.41, 5.74) is 0. The monoisotopic (exact) mass is 186 g/mol. The van der Waals surface area contributed by atoms with Crippen LogP contribution in [-0.2, 0) is 9.53 Å². The van der Waals surface area contributed by atoms with E-state index in [0.717, 1.165) is 26.1 Å². The molecule has 76 valence electrons. The molecule has 0 spiro atoms. The number of carbonyl (C=O) groups is 1. The molecule has 0 saturated carbocycles. The Balaban J connectivity index is 2.43. The van der Waals surface area contributed by atoms with E-state index in [4.69, 9.17) is 4.74 Å². The summed E-state index contributed by atoms with van der Waals surface area (Å²) in [5, 5.41) is 2.95. The minimum Gasteiger partial charge on any atom is -0.380 e. The summed E-state index contributed by atoms with van der Waals surface area (Å²) >= 11 is 0. The zero-order valence-corrected chi connectivity index (χ0v) is 8.38. The third-order valence-electron chi connectivity index (χ3n) is 2.34. The molecule has 1 fully saturated rings. The average Bonchev–Trinajstić information content (AvgIpc) is 2.43. The number of likely N-dealkylation sites (N-methyl/N-ethyl adjacent to an activating group) is 1. The van der Waals surface area contributed by atoms with Crippen molar-refractivity contribution in [2.75, 3.05) is 33.4 Å². The van der Waals surface area contributed by atoms with Gasteiger partial charge in [-0.15, -0.1) is 0 Å². The Morgan fingerprint density at radius 2 is 2.23 bits per heavy atom. The molecule has 1 heterocycles. The highest BCUT2D eigenvalue weighted by atomic mass is 16.5. The van der Waals surface area contributed by atoms with Crippen LogP contribution in [0.4, 0.5) is 0 Å². The minimum absolute atomic E-state index is 0.0851. The van der Waals surface area contributed by atoms with Crippen molar-refractivity contribution in [2.24, 2.45) is 0 Å². The second-order valence-corrected chi connectivity index (χ2v) is 3.30. The molecule has 1 aliphatic heterocycles. The molecule has 4 nitrogen and oxygen atoms in total. The summed E-state index contributed by atoms with van der Waals surface area (Å²) in [5.74, 6) is 0.174. The van der Waals surface area contributed by atoms with Gasteiger partial charge in [0.05, 0.1) is 12.6 Å². The second-order valence-electron chi connectivity index (χ2n) is 3.30. The molecule has 0 bridgehead atoms. The number of ether oxygens (including phenoxy) is 1. The Kier molecular flexibility index (Phi) is 4.18. The molecular formula is C9H18N2O2. The van der Waals surface area contributed by atoms with Crippen LogP contribution in [-0.4, -0.2) is 50.2 Å². The van der Waals surface area contributed by atoms with E-state index < -0.39 is 0 Å². The van der Waals surface area contributed by atoms with Crippen LogP contribution in [0.1, 0.15) is 13.3 Å². The van der Waals surface area contributed by atoms with Gasteiger partial charge >= 0.3 is 0 Å². The molecule has 0 aromatic heterocycles. The van der Waals surface area contributed by atoms with E-state index in [-0.39, 0.29) is 11.9 Å². The van der Waals surface area contributed by atoms with Crippen molar-refractivity contribution >= 4 is 5.91 Å². The zero-order chi connectivity index (χ0) is 9.68. The highest BCUT2D eigenvalue weighted by Crippen LogP contribution is 2.01. The summed E-state index contributed by atoms with van der Waals surface area (Å²) in [6.07, 6.45) is 0.947. The maximum Gasteiger partial charge on any atom is 0.239 e. The predicted molar refractivity (Wildman–Crippen MR) is 50.5 cm³/mol. The summed E-state index contributed by atoms with van der Waals surface area (Å²) in [7, 11) is 1.80. The summed E-state index contributed by atoms with van der Waals surface area (Å²) in [4.78, 5) is 13.6. The quantitative estimate of drug-likeness (QED) is 0.651. The Bertz CT molecular complexity index is 165. The van der Waals surface area contributed by atoms with E-state index in [2.05, 4.69) is 5.32 Å². The Labute approximate surface area is 79.2 Å². The lowest BCUT2D eigenvalue weighted by atomic mass is 10.2. The first-order valence-corrected chi connectivity index (χ1v) is 4.79. The molecule has 0 aromatic rings. The number of amides is 1. The van der Waals surface area contributed by atoms with E-state index in [1.54, 1.807) is 7.05 Å². The molecule has 0 radical (unpaired) electrons. The molecule has 13 heavy (non-hydrogen) atoms. The largest absolute Gasteiger partial charge is 0.380 e. The first-order valence-electron chi connectivity index (χ1n) is 4.79. The maximum atomic E-state index is 11.7. The van der Waals surface area contributed by atoms with Gasteiger partial charge in [-0.05, 0) is 20.4 Å². The molecule has 1 N–H and O–H groups in total. The summed E-state index contributed by atoms with van der Waals surface area (Å²) in [6.45, 7) is 4.88. The van der Waals surface area contributed by atoms with E-state index in [1.165, 1.54) is 0 Å². The van der Waals surface area contributed by atoms with Crippen LogP contribution in [0.2, 0.25) is 0 Å². The van der Waals surface area contributed by atoms with Gasteiger partial charge in [0.2, 0.25) is 5.91 Å². The highest BCUT2D eigenvalue weighted by Gasteiger charge is 2.19. The summed E-state index contributed by atoms with van der Waals surface area (Å²) in [6, 6.07) is -0.0851. The van der Waals surface area contributed by atoms with Crippen LogP contribution in [0.15, 0.2) is 0 Å². The normalized spacial score (nSPS) is 20.9. The third kappa shape index (κ3) is 2.97. The van der Waals surface area contributed by atoms with Gasteiger partial charge in [-0.1, -0.05) is 0 Å². The Morgan fingerprint density at radius 3 is 2.92 bits per heavy atom. The lowest BCUT2D eigenvalue weighted by Crippen LogP contribution is -2.44. The molecule has 1 unspecified atom stereocenters. The van der Waals surface area contributed by atoms with Crippen LogP contribution in [0.3, 0.4) is 0 Å². The molecule has 1 saturated heterocycles. The molecular weight excluding hydrogens is 168 g/mol.